The van der Waals surface area contributed by atoms with Gasteiger partial charge in [0.25, 0.3) is 5.91 Å². The molecule has 4 aliphatic carbocycles. The molecule has 31 heavy (non-hydrogen) atoms. The lowest BCUT2D eigenvalue weighted by Gasteiger charge is -2.37. The van der Waals surface area contributed by atoms with Crippen molar-refractivity contribution in [3.05, 3.63) is 71.3 Å². The van der Waals surface area contributed by atoms with E-state index in [1.807, 2.05) is 32.0 Å². The van der Waals surface area contributed by atoms with E-state index in [9.17, 15) is 14.4 Å². The molecule has 156 valence electrons. The lowest BCUT2D eigenvalue weighted by Crippen LogP contribution is -2.40. The maximum atomic E-state index is 13.3. The Bertz CT molecular complexity index is 1150. The van der Waals surface area contributed by atoms with Gasteiger partial charge in [0.1, 0.15) is 0 Å². The highest BCUT2D eigenvalue weighted by molar-refractivity contribution is 6.23. The van der Waals surface area contributed by atoms with Crippen molar-refractivity contribution in [3.8, 4) is 0 Å². The summed E-state index contributed by atoms with van der Waals surface area (Å²) in [5.74, 6) is 0.589. The molecule has 5 heteroatoms. The van der Waals surface area contributed by atoms with Gasteiger partial charge in [-0.25, -0.2) is 4.90 Å². The first kappa shape index (κ1) is 18.6. The fourth-order valence-electron chi connectivity index (χ4n) is 6.06. The van der Waals surface area contributed by atoms with Crippen molar-refractivity contribution in [3.63, 3.8) is 0 Å². The van der Waals surface area contributed by atoms with E-state index in [2.05, 4.69) is 17.5 Å². The molecular weight excluding hydrogens is 388 g/mol. The van der Waals surface area contributed by atoms with Gasteiger partial charge < -0.3 is 5.32 Å². The molecule has 1 saturated heterocycles. The number of nitrogens with zero attached hydrogens (tertiary/aromatic N) is 1. The number of hydrogen-bond acceptors (Lipinski definition) is 3. The molecule has 0 aromatic heterocycles. The van der Waals surface area contributed by atoms with Gasteiger partial charge in [-0.3, -0.25) is 14.4 Å². The van der Waals surface area contributed by atoms with E-state index in [4.69, 9.17) is 0 Å². The van der Waals surface area contributed by atoms with Crippen molar-refractivity contribution in [1.29, 1.82) is 0 Å². The first-order valence-corrected chi connectivity index (χ1v) is 11.0. The van der Waals surface area contributed by atoms with Gasteiger partial charge in [0.2, 0.25) is 11.8 Å². The Kier molecular flexibility index (Phi) is 3.83. The van der Waals surface area contributed by atoms with Crippen molar-refractivity contribution in [2.75, 3.05) is 10.2 Å². The first-order chi connectivity index (χ1) is 14.9. The van der Waals surface area contributed by atoms with Gasteiger partial charge in [-0.1, -0.05) is 30.4 Å². The SMILES string of the molecule is Cc1ccc(C)c(NC(=O)c2cccc(N3C(=O)C4C5C=CC(C6CC56)C4C3=O)c2)c1. The summed E-state index contributed by atoms with van der Waals surface area (Å²) in [6.07, 6.45) is 5.48. The number of amides is 3. The molecule has 5 aliphatic rings. The van der Waals surface area contributed by atoms with Crippen LogP contribution in [0.25, 0.3) is 0 Å². The van der Waals surface area contributed by atoms with Crippen LogP contribution in [0.5, 0.6) is 0 Å². The normalized spacial score (nSPS) is 32.1. The average Bonchev–Trinajstić information content (AvgIpc) is 3.54. The van der Waals surface area contributed by atoms with E-state index >= 15 is 0 Å². The summed E-state index contributed by atoms with van der Waals surface area (Å²) in [5, 5.41) is 2.96. The topological polar surface area (TPSA) is 66.5 Å². The Morgan fingerprint density at radius 1 is 0.935 bits per heavy atom. The molecule has 7 rings (SSSR count). The summed E-state index contributed by atoms with van der Waals surface area (Å²) in [4.78, 5) is 40.9. The van der Waals surface area contributed by atoms with E-state index in [-0.39, 0.29) is 41.4 Å². The molecule has 2 aromatic carbocycles. The molecule has 6 unspecified atom stereocenters. The van der Waals surface area contributed by atoms with Crippen LogP contribution >= 0.6 is 0 Å². The van der Waals surface area contributed by atoms with Gasteiger partial charge >= 0.3 is 0 Å². The Morgan fingerprint density at radius 2 is 1.61 bits per heavy atom. The number of aryl methyl sites for hydroxylation is 2. The van der Waals surface area contributed by atoms with Crippen LogP contribution < -0.4 is 10.2 Å². The van der Waals surface area contributed by atoms with Crippen LogP contribution in [-0.2, 0) is 9.59 Å². The number of carbonyl (C=O) groups is 3. The summed E-state index contributed by atoms with van der Waals surface area (Å²) < 4.78 is 0. The van der Waals surface area contributed by atoms with Crippen molar-refractivity contribution in [2.45, 2.75) is 20.3 Å². The zero-order chi connectivity index (χ0) is 21.4. The second-order valence-electron chi connectivity index (χ2n) is 9.49. The molecule has 6 atom stereocenters. The van der Waals surface area contributed by atoms with E-state index in [1.54, 1.807) is 24.3 Å². The molecule has 5 nitrogen and oxygen atoms in total. The monoisotopic (exact) mass is 412 g/mol. The maximum Gasteiger partial charge on any atom is 0.255 e. The van der Waals surface area contributed by atoms with E-state index in [0.717, 1.165) is 23.2 Å². The highest BCUT2D eigenvalue weighted by Gasteiger charge is 2.67. The lowest BCUT2D eigenvalue weighted by atomic mass is 9.63. The Hall–Kier alpha value is -3.21. The number of benzene rings is 2. The van der Waals surface area contributed by atoms with Crippen molar-refractivity contribution in [1.82, 2.24) is 0 Å². The van der Waals surface area contributed by atoms with Gasteiger partial charge in [0.05, 0.1) is 17.5 Å². The fourth-order valence-corrected chi connectivity index (χ4v) is 6.06. The molecule has 2 bridgehead atoms. The number of hydrogen-bond donors (Lipinski definition) is 1. The van der Waals surface area contributed by atoms with Gasteiger partial charge in [-0.15, -0.1) is 0 Å². The molecule has 2 saturated carbocycles. The van der Waals surface area contributed by atoms with E-state index in [1.165, 1.54) is 4.90 Å². The molecule has 1 aliphatic heterocycles. The van der Waals surface area contributed by atoms with Crippen LogP contribution in [0.2, 0.25) is 0 Å². The molecule has 3 fully saturated rings. The molecule has 2 aromatic rings. The number of anilines is 2. The number of allylic oxidation sites excluding steroid dienone is 2. The third-order valence-electron chi connectivity index (χ3n) is 7.67. The lowest BCUT2D eigenvalue weighted by molar-refractivity contribution is -0.124. The van der Waals surface area contributed by atoms with Crippen LogP contribution in [0.4, 0.5) is 11.4 Å². The van der Waals surface area contributed by atoms with E-state index in [0.29, 0.717) is 23.1 Å². The summed E-state index contributed by atoms with van der Waals surface area (Å²) in [5.41, 5.74) is 3.72. The Balaban J connectivity index is 1.29. The number of carbonyl (C=O) groups excluding carboxylic acids is 3. The summed E-state index contributed by atoms with van der Waals surface area (Å²) >= 11 is 0. The largest absolute Gasteiger partial charge is 0.322 e. The zero-order valence-electron chi connectivity index (χ0n) is 17.5. The van der Waals surface area contributed by atoms with Gasteiger partial charge in [-0.05, 0) is 79.3 Å². The number of rotatable bonds is 3. The highest BCUT2D eigenvalue weighted by Crippen LogP contribution is 2.65. The second-order valence-corrected chi connectivity index (χ2v) is 9.49. The smallest absolute Gasteiger partial charge is 0.255 e. The number of imide groups is 1. The van der Waals surface area contributed by atoms with Crippen molar-refractivity contribution in [2.24, 2.45) is 35.5 Å². The van der Waals surface area contributed by atoms with Crippen molar-refractivity contribution >= 4 is 29.1 Å². The maximum absolute atomic E-state index is 13.3. The minimum Gasteiger partial charge on any atom is -0.322 e. The van der Waals surface area contributed by atoms with Gasteiger partial charge in [0.15, 0.2) is 0 Å². The molecule has 3 amide bonds. The Morgan fingerprint density at radius 3 is 2.29 bits per heavy atom. The third-order valence-corrected chi connectivity index (χ3v) is 7.67. The molecular formula is C26H24N2O3. The minimum absolute atomic E-state index is 0.105. The first-order valence-electron chi connectivity index (χ1n) is 11.0. The molecule has 0 radical (unpaired) electrons. The predicted octanol–water partition coefficient (Wildman–Crippen LogP) is 4.11. The molecule has 0 spiro atoms. The van der Waals surface area contributed by atoms with Crippen molar-refractivity contribution < 1.29 is 14.4 Å². The van der Waals surface area contributed by atoms with Gasteiger partial charge in [-0.2, -0.15) is 0 Å². The molecule has 1 N–H and O–H groups in total. The quantitative estimate of drug-likeness (QED) is 0.609. The van der Waals surface area contributed by atoms with Gasteiger partial charge in [0, 0.05) is 11.3 Å². The van der Waals surface area contributed by atoms with Crippen LogP contribution in [0.1, 0.15) is 27.9 Å². The zero-order valence-corrected chi connectivity index (χ0v) is 17.5. The Labute approximate surface area is 181 Å². The standard InChI is InChI=1S/C26H24N2O3/c1-13-6-7-14(2)21(10-13)27-24(29)15-4-3-5-16(11-15)28-25(30)22-17-8-9-18(20-12-19(17)20)23(22)26(28)31/h3-11,17-20,22-23H,12H2,1-2H3,(H,27,29). The van der Waals surface area contributed by atoms with Crippen LogP contribution in [0.3, 0.4) is 0 Å². The number of nitrogens with one attached hydrogen (secondary N) is 1. The summed E-state index contributed by atoms with van der Waals surface area (Å²) in [6.45, 7) is 3.92. The summed E-state index contributed by atoms with van der Waals surface area (Å²) in [6, 6.07) is 12.8. The molecule has 1 heterocycles. The minimum atomic E-state index is -0.255. The van der Waals surface area contributed by atoms with Crippen LogP contribution in [0, 0.1) is 49.4 Å². The van der Waals surface area contributed by atoms with Crippen LogP contribution in [-0.4, -0.2) is 17.7 Å². The fraction of sp³-hybridized carbons (Fsp3) is 0.346. The predicted molar refractivity (Wildman–Crippen MR) is 118 cm³/mol. The van der Waals surface area contributed by atoms with E-state index < -0.39 is 0 Å². The summed E-state index contributed by atoms with van der Waals surface area (Å²) in [7, 11) is 0. The third kappa shape index (κ3) is 2.65. The highest BCUT2D eigenvalue weighted by atomic mass is 16.2. The second kappa shape index (κ2) is 6.39. The van der Waals surface area contributed by atoms with Crippen LogP contribution in [0.15, 0.2) is 54.6 Å². The average molecular weight is 412 g/mol.